The van der Waals surface area contributed by atoms with Crippen molar-refractivity contribution in [2.75, 3.05) is 13.1 Å². The molecule has 3 heteroatoms. The lowest BCUT2D eigenvalue weighted by Crippen LogP contribution is -2.38. The molecule has 3 nitrogen and oxygen atoms in total. The summed E-state index contributed by atoms with van der Waals surface area (Å²) in [6.07, 6.45) is 1.80. The zero-order valence-electron chi connectivity index (χ0n) is 12.1. The van der Waals surface area contributed by atoms with Gasteiger partial charge in [0.25, 0.3) is 0 Å². The van der Waals surface area contributed by atoms with Crippen LogP contribution in [0.25, 0.3) is 0 Å². The summed E-state index contributed by atoms with van der Waals surface area (Å²) in [5, 5.41) is 9.14. The average molecular weight is 261 g/mol. The summed E-state index contributed by atoms with van der Waals surface area (Å²) in [5.41, 5.74) is 5.28. The topological polar surface area (TPSA) is 40.5 Å². The van der Waals surface area contributed by atoms with E-state index >= 15 is 0 Å². The zero-order chi connectivity index (χ0) is 14.0. The Kier molecular flexibility index (Phi) is 4.25. The van der Waals surface area contributed by atoms with Gasteiger partial charge in [0.1, 0.15) is 0 Å². The Balaban J connectivity index is 2.11. The number of carboxylic acid groups (broad SMARTS) is 1. The van der Waals surface area contributed by atoms with Crippen LogP contribution < -0.4 is 0 Å². The van der Waals surface area contributed by atoms with Gasteiger partial charge in [-0.2, -0.15) is 0 Å². The molecule has 0 aliphatic carbocycles. The molecule has 0 saturated carbocycles. The number of hydrogen-bond acceptors (Lipinski definition) is 2. The van der Waals surface area contributed by atoms with Gasteiger partial charge >= 0.3 is 5.97 Å². The van der Waals surface area contributed by atoms with Gasteiger partial charge in [-0.1, -0.05) is 17.7 Å². The fourth-order valence-corrected chi connectivity index (χ4v) is 3.08. The summed E-state index contributed by atoms with van der Waals surface area (Å²) in [6.45, 7) is 8.98. The third kappa shape index (κ3) is 3.35. The van der Waals surface area contributed by atoms with Crippen molar-refractivity contribution < 1.29 is 9.90 Å². The van der Waals surface area contributed by atoms with Crippen molar-refractivity contribution in [3.05, 3.63) is 34.4 Å². The first-order valence-electron chi connectivity index (χ1n) is 6.99. The average Bonchev–Trinajstić information content (AvgIpc) is 2.34. The van der Waals surface area contributed by atoms with E-state index in [9.17, 15) is 4.79 Å². The summed E-state index contributed by atoms with van der Waals surface area (Å²) in [7, 11) is 0. The van der Waals surface area contributed by atoms with Crippen LogP contribution in [0.3, 0.4) is 0 Å². The van der Waals surface area contributed by atoms with Crippen LogP contribution in [-0.2, 0) is 11.3 Å². The SMILES string of the molecule is Cc1cc(C)c(CN2CCC[C@H](C(=O)O)C2)c(C)c1. The van der Waals surface area contributed by atoms with Crippen LogP contribution >= 0.6 is 0 Å². The summed E-state index contributed by atoms with van der Waals surface area (Å²) in [5.74, 6) is -0.845. The number of likely N-dealkylation sites (tertiary alicyclic amines) is 1. The Morgan fingerprint density at radius 3 is 2.53 bits per heavy atom. The van der Waals surface area contributed by atoms with Gasteiger partial charge in [-0.15, -0.1) is 0 Å². The molecule has 1 aliphatic heterocycles. The van der Waals surface area contributed by atoms with Crippen molar-refractivity contribution in [2.45, 2.75) is 40.2 Å². The number of nitrogens with zero attached hydrogens (tertiary/aromatic N) is 1. The predicted octanol–water partition coefficient (Wildman–Crippen LogP) is 2.91. The van der Waals surface area contributed by atoms with Gasteiger partial charge in [-0.3, -0.25) is 9.69 Å². The van der Waals surface area contributed by atoms with Gasteiger partial charge in [0.05, 0.1) is 5.92 Å². The highest BCUT2D eigenvalue weighted by molar-refractivity contribution is 5.70. The second kappa shape index (κ2) is 5.74. The molecule has 0 unspecified atom stereocenters. The van der Waals surface area contributed by atoms with E-state index < -0.39 is 5.97 Å². The molecule has 1 aromatic carbocycles. The van der Waals surface area contributed by atoms with Gasteiger partial charge in [0, 0.05) is 13.1 Å². The van der Waals surface area contributed by atoms with Crippen molar-refractivity contribution in [1.29, 1.82) is 0 Å². The van der Waals surface area contributed by atoms with Crippen LogP contribution in [0.15, 0.2) is 12.1 Å². The van der Waals surface area contributed by atoms with Crippen molar-refractivity contribution in [3.63, 3.8) is 0 Å². The monoisotopic (exact) mass is 261 g/mol. The first-order chi connectivity index (χ1) is 8.97. The van der Waals surface area contributed by atoms with Crippen molar-refractivity contribution in [2.24, 2.45) is 5.92 Å². The maximum absolute atomic E-state index is 11.1. The molecule has 1 atom stereocenters. The van der Waals surface area contributed by atoms with Gasteiger partial charge in [-0.05, 0) is 56.8 Å². The molecule has 1 fully saturated rings. The molecule has 104 valence electrons. The molecule has 1 heterocycles. The van der Waals surface area contributed by atoms with Crippen LogP contribution in [0.5, 0.6) is 0 Å². The third-order valence-corrected chi connectivity index (χ3v) is 4.08. The highest BCUT2D eigenvalue weighted by Crippen LogP contribution is 2.22. The third-order valence-electron chi connectivity index (χ3n) is 4.08. The van der Waals surface area contributed by atoms with E-state index in [2.05, 4.69) is 37.8 Å². The Bertz CT molecular complexity index is 459. The number of aryl methyl sites for hydroxylation is 3. The molecule has 0 aromatic heterocycles. The normalized spacial score (nSPS) is 20.5. The van der Waals surface area contributed by atoms with Crippen LogP contribution in [0.1, 0.15) is 35.1 Å². The lowest BCUT2D eigenvalue weighted by Gasteiger charge is -2.31. The highest BCUT2D eigenvalue weighted by Gasteiger charge is 2.25. The summed E-state index contributed by atoms with van der Waals surface area (Å²) in [4.78, 5) is 13.4. The van der Waals surface area contributed by atoms with Gasteiger partial charge in [-0.25, -0.2) is 0 Å². The van der Waals surface area contributed by atoms with E-state index in [-0.39, 0.29) is 5.92 Å². The fourth-order valence-electron chi connectivity index (χ4n) is 3.08. The minimum Gasteiger partial charge on any atom is -0.481 e. The minimum atomic E-state index is -0.651. The zero-order valence-corrected chi connectivity index (χ0v) is 12.1. The first kappa shape index (κ1) is 14.1. The van der Waals surface area contributed by atoms with E-state index in [4.69, 9.17) is 5.11 Å². The Morgan fingerprint density at radius 2 is 1.95 bits per heavy atom. The predicted molar refractivity (Wildman–Crippen MR) is 76.3 cm³/mol. The highest BCUT2D eigenvalue weighted by atomic mass is 16.4. The van der Waals surface area contributed by atoms with E-state index in [0.717, 1.165) is 25.9 Å². The molecule has 1 aliphatic rings. The van der Waals surface area contributed by atoms with Gasteiger partial charge in [0.2, 0.25) is 0 Å². The first-order valence-corrected chi connectivity index (χ1v) is 6.99. The largest absolute Gasteiger partial charge is 0.481 e. The molecule has 2 rings (SSSR count). The van der Waals surface area contributed by atoms with Crippen molar-refractivity contribution >= 4 is 5.97 Å². The second-order valence-electron chi connectivity index (χ2n) is 5.79. The second-order valence-corrected chi connectivity index (χ2v) is 5.79. The standard InChI is InChI=1S/C16H23NO2/c1-11-7-12(2)15(13(3)8-11)10-17-6-4-5-14(9-17)16(18)19/h7-8,14H,4-6,9-10H2,1-3H3,(H,18,19)/t14-/m0/s1. The van der Waals surface area contributed by atoms with Crippen molar-refractivity contribution in [3.8, 4) is 0 Å². The number of hydrogen-bond donors (Lipinski definition) is 1. The lowest BCUT2D eigenvalue weighted by atomic mass is 9.95. The van der Waals surface area contributed by atoms with Crippen molar-refractivity contribution in [1.82, 2.24) is 4.90 Å². The smallest absolute Gasteiger partial charge is 0.307 e. The van der Waals surface area contributed by atoms with Crippen LogP contribution in [0.2, 0.25) is 0 Å². The number of carbonyl (C=O) groups is 1. The molecule has 0 bridgehead atoms. The molecule has 19 heavy (non-hydrogen) atoms. The Hall–Kier alpha value is -1.35. The quantitative estimate of drug-likeness (QED) is 0.909. The molecule has 0 amide bonds. The number of aliphatic carboxylic acids is 1. The van der Waals surface area contributed by atoms with E-state index in [1.54, 1.807) is 0 Å². The van der Waals surface area contributed by atoms with Gasteiger partial charge in [0.15, 0.2) is 0 Å². The number of rotatable bonds is 3. The fraction of sp³-hybridized carbons (Fsp3) is 0.562. The van der Waals surface area contributed by atoms with E-state index in [0.29, 0.717) is 6.54 Å². The number of benzene rings is 1. The molecular weight excluding hydrogens is 238 g/mol. The maximum Gasteiger partial charge on any atom is 0.307 e. The van der Waals surface area contributed by atoms with Crippen LogP contribution in [0.4, 0.5) is 0 Å². The summed E-state index contributed by atoms with van der Waals surface area (Å²) >= 11 is 0. The molecule has 1 saturated heterocycles. The molecule has 0 radical (unpaired) electrons. The van der Waals surface area contributed by atoms with Gasteiger partial charge < -0.3 is 5.11 Å². The molecular formula is C16H23NO2. The summed E-state index contributed by atoms with van der Waals surface area (Å²) < 4.78 is 0. The number of piperidine rings is 1. The molecule has 1 aromatic rings. The lowest BCUT2D eigenvalue weighted by molar-refractivity contribution is -0.143. The van der Waals surface area contributed by atoms with E-state index in [1.165, 1.54) is 22.3 Å². The molecule has 1 N–H and O–H groups in total. The van der Waals surface area contributed by atoms with Crippen LogP contribution in [0, 0.1) is 26.7 Å². The molecule has 0 spiro atoms. The summed E-state index contributed by atoms with van der Waals surface area (Å²) in [6, 6.07) is 4.42. The van der Waals surface area contributed by atoms with E-state index in [1.807, 2.05) is 0 Å². The minimum absolute atomic E-state index is 0.195. The number of carboxylic acids is 1. The maximum atomic E-state index is 11.1. The van der Waals surface area contributed by atoms with Crippen LogP contribution in [-0.4, -0.2) is 29.1 Å². The Morgan fingerprint density at radius 1 is 1.32 bits per heavy atom. The Labute approximate surface area is 115 Å².